The zero-order valence-corrected chi connectivity index (χ0v) is 11.1. The molecule has 0 aliphatic heterocycles. The lowest BCUT2D eigenvalue weighted by Gasteiger charge is -2.19. The van der Waals surface area contributed by atoms with Crippen molar-refractivity contribution < 1.29 is 14.3 Å². The second-order valence-electron chi connectivity index (χ2n) is 4.63. The van der Waals surface area contributed by atoms with E-state index in [9.17, 15) is 9.59 Å². The molecule has 0 N–H and O–H groups in total. The van der Waals surface area contributed by atoms with E-state index in [0.717, 1.165) is 12.8 Å². The lowest BCUT2D eigenvalue weighted by atomic mass is 9.89. The zero-order valence-electron chi connectivity index (χ0n) is 11.1. The molecule has 0 aromatic heterocycles. The number of hydrogen-bond donors (Lipinski definition) is 0. The Hall–Kier alpha value is -0.860. The lowest BCUT2D eigenvalue weighted by molar-refractivity contribution is -0.155. The van der Waals surface area contributed by atoms with E-state index in [2.05, 4.69) is 6.92 Å². The molecule has 0 aliphatic rings. The Morgan fingerprint density at radius 3 is 2.06 bits per heavy atom. The molecule has 2 unspecified atom stereocenters. The molecule has 0 rings (SSSR count). The number of carbonyl (C=O) groups is 2. The quantitative estimate of drug-likeness (QED) is 0.629. The van der Waals surface area contributed by atoms with Crippen LogP contribution in [0.15, 0.2) is 0 Å². The SMILES string of the molecule is CCCCC(=O)C(C)C(C)C(=O)OC(C)C. The van der Waals surface area contributed by atoms with E-state index in [0.29, 0.717) is 6.42 Å². The van der Waals surface area contributed by atoms with Crippen molar-refractivity contribution >= 4 is 11.8 Å². The van der Waals surface area contributed by atoms with Gasteiger partial charge in [0.1, 0.15) is 5.78 Å². The fraction of sp³-hybridized carbons (Fsp3) is 0.846. The molecule has 0 saturated carbocycles. The van der Waals surface area contributed by atoms with Crippen LogP contribution in [0.4, 0.5) is 0 Å². The molecule has 94 valence electrons. The Bertz CT molecular complexity index is 233. The molecule has 0 aromatic carbocycles. The van der Waals surface area contributed by atoms with Gasteiger partial charge < -0.3 is 4.74 Å². The van der Waals surface area contributed by atoms with Gasteiger partial charge >= 0.3 is 5.97 Å². The molecule has 3 heteroatoms. The molecule has 0 heterocycles. The first-order valence-corrected chi connectivity index (χ1v) is 6.13. The number of esters is 1. The van der Waals surface area contributed by atoms with Crippen molar-refractivity contribution in [2.24, 2.45) is 11.8 Å². The summed E-state index contributed by atoms with van der Waals surface area (Å²) in [5, 5.41) is 0. The van der Waals surface area contributed by atoms with Crippen molar-refractivity contribution in [3.05, 3.63) is 0 Å². The molecule has 2 atom stereocenters. The van der Waals surface area contributed by atoms with Crippen LogP contribution in [-0.4, -0.2) is 17.9 Å². The second kappa shape index (κ2) is 7.42. The third-order valence-electron chi connectivity index (χ3n) is 2.76. The highest BCUT2D eigenvalue weighted by atomic mass is 16.5. The Balaban J connectivity index is 4.20. The zero-order chi connectivity index (χ0) is 12.7. The van der Waals surface area contributed by atoms with Crippen LogP contribution in [0.1, 0.15) is 53.9 Å². The van der Waals surface area contributed by atoms with E-state index in [1.165, 1.54) is 0 Å². The molecule has 0 fully saturated rings. The number of carbonyl (C=O) groups excluding carboxylic acids is 2. The van der Waals surface area contributed by atoms with Crippen LogP contribution in [0, 0.1) is 11.8 Å². The van der Waals surface area contributed by atoms with E-state index in [-0.39, 0.29) is 29.7 Å². The van der Waals surface area contributed by atoms with Crippen LogP contribution >= 0.6 is 0 Å². The third kappa shape index (κ3) is 5.29. The van der Waals surface area contributed by atoms with Crippen molar-refractivity contribution in [3.63, 3.8) is 0 Å². The van der Waals surface area contributed by atoms with Crippen molar-refractivity contribution in [2.45, 2.75) is 60.0 Å². The highest BCUT2D eigenvalue weighted by molar-refractivity contribution is 5.86. The molecule has 0 aromatic rings. The Morgan fingerprint density at radius 2 is 1.62 bits per heavy atom. The van der Waals surface area contributed by atoms with E-state index < -0.39 is 0 Å². The van der Waals surface area contributed by atoms with Crippen LogP contribution < -0.4 is 0 Å². The van der Waals surface area contributed by atoms with E-state index in [1.807, 2.05) is 20.8 Å². The monoisotopic (exact) mass is 228 g/mol. The molecular weight excluding hydrogens is 204 g/mol. The number of hydrogen-bond acceptors (Lipinski definition) is 3. The summed E-state index contributed by atoms with van der Waals surface area (Å²) in [6.07, 6.45) is 2.35. The molecule has 0 radical (unpaired) electrons. The second-order valence-corrected chi connectivity index (χ2v) is 4.63. The van der Waals surface area contributed by atoms with Gasteiger partial charge in [0.25, 0.3) is 0 Å². The van der Waals surface area contributed by atoms with Gasteiger partial charge in [0, 0.05) is 12.3 Å². The third-order valence-corrected chi connectivity index (χ3v) is 2.76. The standard InChI is InChI=1S/C13H24O3/c1-6-7-8-12(14)10(4)11(5)13(15)16-9(2)3/h9-11H,6-8H2,1-5H3. The summed E-state index contributed by atoms with van der Waals surface area (Å²) in [4.78, 5) is 23.3. The first kappa shape index (κ1) is 15.1. The first-order chi connectivity index (χ1) is 7.40. The topological polar surface area (TPSA) is 43.4 Å². The normalized spacial score (nSPS) is 14.6. The van der Waals surface area contributed by atoms with Crippen LogP contribution in [0.5, 0.6) is 0 Å². The average Bonchev–Trinajstić information content (AvgIpc) is 2.22. The van der Waals surface area contributed by atoms with Crippen LogP contribution in [0.25, 0.3) is 0 Å². The summed E-state index contributed by atoms with van der Waals surface area (Å²) in [5.74, 6) is -0.688. The molecule has 0 aliphatic carbocycles. The van der Waals surface area contributed by atoms with E-state index >= 15 is 0 Å². The Morgan fingerprint density at radius 1 is 1.06 bits per heavy atom. The van der Waals surface area contributed by atoms with Gasteiger partial charge in [0.15, 0.2) is 0 Å². The van der Waals surface area contributed by atoms with Gasteiger partial charge in [-0.25, -0.2) is 0 Å². The maximum Gasteiger partial charge on any atom is 0.309 e. The molecule has 0 amide bonds. The number of unbranched alkanes of at least 4 members (excludes halogenated alkanes) is 1. The summed E-state index contributed by atoms with van der Waals surface area (Å²) in [7, 11) is 0. The maximum atomic E-state index is 11.7. The number of ketones is 1. The van der Waals surface area contributed by atoms with Crippen LogP contribution in [0.2, 0.25) is 0 Å². The number of rotatable bonds is 7. The largest absolute Gasteiger partial charge is 0.463 e. The minimum Gasteiger partial charge on any atom is -0.463 e. The molecule has 16 heavy (non-hydrogen) atoms. The minimum atomic E-state index is -0.341. The van der Waals surface area contributed by atoms with Gasteiger partial charge in [0.2, 0.25) is 0 Å². The van der Waals surface area contributed by atoms with E-state index in [4.69, 9.17) is 4.74 Å². The van der Waals surface area contributed by atoms with Crippen LogP contribution in [-0.2, 0) is 14.3 Å². The van der Waals surface area contributed by atoms with E-state index in [1.54, 1.807) is 6.92 Å². The van der Waals surface area contributed by atoms with Gasteiger partial charge in [-0.05, 0) is 20.3 Å². The highest BCUT2D eigenvalue weighted by Crippen LogP contribution is 2.17. The van der Waals surface area contributed by atoms with Crippen molar-refractivity contribution in [1.29, 1.82) is 0 Å². The van der Waals surface area contributed by atoms with Gasteiger partial charge in [-0.3, -0.25) is 9.59 Å². The van der Waals surface area contributed by atoms with Crippen molar-refractivity contribution in [2.75, 3.05) is 0 Å². The summed E-state index contributed by atoms with van der Waals surface area (Å²) in [6, 6.07) is 0. The fourth-order valence-electron chi connectivity index (χ4n) is 1.40. The molecule has 0 bridgehead atoms. The van der Waals surface area contributed by atoms with Crippen molar-refractivity contribution in [3.8, 4) is 0 Å². The summed E-state index contributed by atoms with van der Waals surface area (Å²) in [5.41, 5.74) is 0. The Labute approximate surface area is 98.6 Å². The molecule has 0 spiro atoms. The summed E-state index contributed by atoms with van der Waals surface area (Å²) in [6.45, 7) is 9.25. The predicted octanol–water partition coefficient (Wildman–Crippen LogP) is 2.97. The molecule has 3 nitrogen and oxygen atoms in total. The first-order valence-electron chi connectivity index (χ1n) is 6.13. The average molecular weight is 228 g/mol. The summed E-state index contributed by atoms with van der Waals surface area (Å²) >= 11 is 0. The number of Topliss-reactive ketones (excluding diaryl/α,β-unsaturated/α-hetero) is 1. The maximum absolute atomic E-state index is 11.7. The van der Waals surface area contributed by atoms with Gasteiger partial charge in [0.05, 0.1) is 12.0 Å². The summed E-state index contributed by atoms with van der Waals surface area (Å²) < 4.78 is 5.10. The predicted molar refractivity (Wildman–Crippen MR) is 64.1 cm³/mol. The van der Waals surface area contributed by atoms with Gasteiger partial charge in [-0.15, -0.1) is 0 Å². The number of ether oxygens (including phenoxy) is 1. The fourth-order valence-corrected chi connectivity index (χ4v) is 1.40. The lowest BCUT2D eigenvalue weighted by Crippen LogP contribution is -2.28. The molecular formula is C13H24O3. The Kier molecular flexibility index (Phi) is 7.02. The van der Waals surface area contributed by atoms with Gasteiger partial charge in [-0.1, -0.05) is 27.2 Å². The van der Waals surface area contributed by atoms with Crippen LogP contribution in [0.3, 0.4) is 0 Å². The minimum absolute atomic E-state index is 0.118. The van der Waals surface area contributed by atoms with Crippen molar-refractivity contribution in [1.82, 2.24) is 0 Å². The highest BCUT2D eigenvalue weighted by Gasteiger charge is 2.27. The smallest absolute Gasteiger partial charge is 0.309 e. The molecule has 0 saturated heterocycles. The van der Waals surface area contributed by atoms with Gasteiger partial charge in [-0.2, -0.15) is 0 Å².